The molecule has 0 amide bonds. The zero-order valence-electron chi connectivity index (χ0n) is 7.10. The zero-order chi connectivity index (χ0) is 9.97. The van der Waals surface area contributed by atoms with Crippen LogP contribution in [-0.2, 0) is 0 Å². The summed E-state index contributed by atoms with van der Waals surface area (Å²) in [5.41, 5.74) is 2.56. The summed E-state index contributed by atoms with van der Waals surface area (Å²) in [5.74, 6) is 0.271. The molecule has 2 N–H and O–H groups in total. The molecule has 0 spiro atoms. The molecule has 0 atom stereocenters. The van der Waals surface area contributed by atoms with Gasteiger partial charge in [-0.1, -0.05) is 12.1 Å². The second-order valence-electron chi connectivity index (χ2n) is 2.64. The fourth-order valence-electron chi connectivity index (χ4n) is 1.21. The zero-order valence-corrected chi connectivity index (χ0v) is 7.10. The van der Waals surface area contributed by atoms with E-state index in [4.69, 9.17) is 10.5 Å². The lowest BCUT2D eigenvalue weighted by Gasteiger charge is -2.02. The number of anilines is 1. The van der Waals surface area contributed by atoms with E-state index in [2.05, 4.69) is 9.97 Å². The van der Waals surface area contributed by atoms with Crippen LogP contribution in [-0.4, -0.2) is 15.2 Å². The Bertz CT molecular complexity index is 518. The smallest absolute Gasteiger partial charge is 0.234 e. The Balaban J connectivity index is 2.81. The van der Waals surface area contributed by atoms with Crippen molar-refractivity contribution in [3.8, 4) is 6.07 Å². The molecule has 2 rings (SSSR count). The summed E-state index contributed by atoms with van der Waals surface area (Å²) >= 11 is 0. The fourth-order valence-corrected chi connectivity index (χ4v) is 1.21. The van der Waals surface area contributed by atoms with Crippen LogP contribution >= 0.6 is 0 Å². The summed E-state index contributed by atoms with van der Waals surface area (Å²) < 4.78 is 0. The molecular weight excluding hydrogens is 180 g/mol. The van der Waals surface area contributed by atoms with E-state index in [1.54, 1.807) is 24.3 Å². The van der Waals surface area contributed by atoms with Gasteiger partial charge in [0.15, 0.2) is 5.82 Å². The largest absolute Gasteiger partial charge is 0.290 e. The highest BCUT2D eigenvalue weighted by Gasteiger charge is 2.04. The second-order valence-corrected chi connectivity index (χ2v) is 2.64. The van der Waals surface area contributed by atoms with Crippen LogP contribution in [0.4, 0.5) is 5.82 Å². The quantitative estimate of drug-likeness (QED) is 0.656. The molecule has 68 valence electrons. The van der Waals surface area contributed by atoms with Gasteiger partial charge >= 0.3 is 0 Å². The van der Waals surface area contributed by atoms with E-state index < -0.39 is 0 Å². The molecule has 0 aliphatic carbocycles. The van der Waals surface area contributed by atoms with E-state index in [-0.39, 0.29) is 11.6 Å². The van der Waals surface area contributed by atoms with Crippen LogP contribution < -0.4 is 5.48 Å². The second kappa shape index (κ2) is 3.28. The van der Waals surface area contributed by atoms with Crippen molar-refractivity contribution < 1.29 is 5.21 Å². The van der Waals surface area contributed by atoms with Crippen molar-refractivity contribution in [3.05, 3.63) is 30.1 Å². The molecule has 0 bridgehead atoms. The normalized spacial score (nSPS) is 9.71. The topological polar surface area (TPSA) is 81.8 Å². The Morgan fingerprint density at radius 3 is 2.79 bits per heavy atom. The van der Waals surface area contributed by atoms with Gasteiger partial charge in [0.2, 0.25) is 5.82 Å². The molecule has 0 aliphatic heterocycles. The Hall–Kier alpha value is -2.19. The number of nitriles is 1. The van der Waals surface area contributed by atoms with E-state index in [0.29, 0.717) is 10.9 Å². The van der Waals surface area contributed by atoms with Crippen LogP contribution in [0.5, 0.6) is 0 Å². The van der Waals surface area contributed by atoms with Crippen LogP contribution in [0.1, 0.15) is 5.82 Å². The summed E-state index contributed by atoms with van der Waals surface area (Å²) in [6, 6.07) is 8.94. The molecule has 0 unspecified atom stereocenters. The van der Waals surface area contributed by atoms with E-state index in [0.717, 1.165) is 0 Å². The maximum absolute atomic E-state index is 8.81. The minimum Gasteiger partial charge on any atom is -0.290 e. The highest BCUT2D eigenvalue weighted by molar-refractivity contribution is 5.88. The van der Waals surface area contributed by atoms with Gasteiger partial charge < -0.3 is 0 Å². The van der Waals surface area contributed by atoms with Gasteiger partial charge in [0, 0.05) is 5.39 Å². The van der Waals surface area contributed by atoms with Gasteiger partial charge in [-0.05, 0) is 12.1 Å². The van der Waals surface area contributed by atoms with Gasteiger partial charge in [0.1, 0.15) is 6.07 Å². The van der Waals surface area contributed by atoms with Crippen molar-refractivity contribution >= 4 is 16.7 Å². The minimum atomic E-state index is 0.0280. The number of fused-ring (bicyclic) bond motifs is 1. The average molecular weight is 186 g/mol. The first-order chi connectivity index (χ1) is 6.85. The Morgan fingerprint density at radius 1 is 1.29 bits per heavy atom. The number of hydrogen-bond donors (Lipinski definition) is 2. The molecule has 1 aromatic heterocycles. The molecule has 5 heteroatoms. The third kappa shape index (κ3) is 1.24. The Kier molecular flexibility index (Phi) is 1.97. The molecule has 0 fully saturated rings. The summed E-state index contributed by atoms with van der Waals surface area (Å²) in [6.07, 6.45) is 0. The average Bonchev–Trinajstić information content (AvgIpc) is 2.27. The number of rotatable bonds is 1. The highest BCUT2D eigenvalue weighted by Crippen LogP contribution is 2.18. The maximum atomic E-state index is 8.81. The molecule has 2 aromatic rings. The van der Waals surface area contributed by atoms with E-state index in [9.17, 15) is 0 Å². The summed E-state index contributed by atoms with van der Waals surface area (Å²) in [7, 11) is 0. The Labute approximate surface area is 79.6 Å². The van der Waals surface area contributed by atoms with Crippen molar-refractivity contribution in [1.82, 2.24) is 9.97 Å². The van der Waals surface area contributed by atoms with Crippen molar-refractivity contribution in [2.75, 3.05) is 5.48 Å². The predicted molar refractivity (Wildman–Crippen MR) is 49.7 cm³/mol. The van der Waals surface area contributed by atoms with Crippen LogP contribution in [0.2, 0.25) is 0 Å². The number of nitrogens with one attached hydrogen (secondary N) is 1. The summed E-state index contributed by atoms with van der Waals surface area (Å²) in [4.78, 5) is 7.78. The predicted octanol–water partition coefficient (Wildman–Crippen LogP) is 1.30. The Morgan fingerprint density at radius 2 is 2.07 bits per heavy atom. The molecule has 14 heavy (non-hydrogen) atoms. The number of hydrogen-bond acceptors (Lipinski definition) is 5. The lowest BCUT2D eigenvalue weighted by atomic mass is 10.2. The molecule has 0 saturated carbocycles. The first-order valence-electron chi connectivity index (χ1n) is 3.92. The molecule has 0 aliphatic rings. The third-order valence-electron chi connectivity index (χ3n) is 1.81. The van der Waals surface area contributed by atoms with E-state index in [1.807, 2.05) is 11.5 Å². The van der Waals surface area contributed by atoms with Crippen LogP contribution in [0, 0.1) is 11.3 Å². The standard InChI is InChI=1S/C9H6N4O/c10-5-8-11-7-4-2-1-3-6(7)9(12-8)13-14/h1-4,14H,(H,11,12,13). The van der Waals surface area contributed by atoms with Gasteiger partial charge in [0.25, 0.3) is 0 Å². The van der Waals surface area contributed by atoms with Crippen molar-refractivity contribution in [1.29, 1.82) is 5.26 Å². The SMILES string of the molecule is N#Cc1nc(NO)c2ccccc2n1. The van der Waals surface area contributed by atoms with Gasteiger partial charge in [-0.15, -0.1) is 0 Å². The van der Waals surface area contributed by atoms with Gasteiger partial charge in [-0.25, -0.2) is 4.98 Å². The van der Waals surface area contributed by atoms with Crippen molar-refractivity contribution in [2.45, 2.75) is 0 Å². The number of benzene rings is 1. The lowest BCUT2D eigenvalue weighted by Crippen LogP contribution is -1.99. The van der Waals surface area contributed by atoms with Crippen LogP contribution in [0.3, 0.4) is 0 Å². The summed E-state index contributed by atoms with van der Waals surface area (Å²) in [5, 5.41) is 18.1. The van der Waals surface area contributed by atoms with Crippen LogP contribution in [0.25, 0.3) is 10.9 Å². The molecule has 0 saturated heterocycles. The number of nitrogens with zero attached hydrogens (tertiary/aromatic N) is 3. The molecule has 1 aromatic carbocycles. The third-order valence-corrected chi connectivity index (χ3v) is 1.81. The minimum absolute atomic E-state index is 0.0280. The number of aromatic nitrogens is 2. The van der Waals surface area contributed by atoms with E-state index in [1.165, 1.54) is 0 Å². The maximum Gasteiger partial charge on any atom is 0.234 e. The van der Waals surface area contributed by atoms with E-state index >= 15 is 0 Å². The van der Waals surface area contributed by atoms with Crippen LogP contribution in [0.15, 0.2) is 24.3 Å². The number of para-hydroxylation sites is 1. The molecule has 0 radical (unpaired) electrons. The highest BCUT2D eigenvalue weighted by atomic mass is 16.5. The van der Waals surface area contributed by atoms with Crippen molar-refractivity contribution in [3.63, 3.8) is 0 Å². The van der Waals surface area contributed by atoms with Crippen molar-refractivity contribution in [2.24, 2.45) is 0 Å². The molecule has 5 nitrogen and oxygen atoms in total. The first kappa shape index (κ1) is 8.41. The van der Waals surface area contributed by atoms with Gasteiger partial charge in [-0.3, -0.25) is 10.7 Å². The fraction of sp³-hybridized carbons (Fsp3) is 0. The summed E-state index contributed by atoms with van der Waals surface area (Å²) in [6.45, 7) is 0. The molecular formula is C9H6N4O. The molecule has 1 heterocycles. The monoisotopic (exact) mass is 186 g/mol. The van der Waals surface area contributed by atoms with Gasteiger partial charge in [-0.2, -0.15) is 10.2 Å². The first-order valence-corrected chi connectivity index (χ1v) is 3.92. The van der Waals surface area contributed by atoms with Gasteiger partial charge in [0.05, 0.1) is 5.52 Å². The lowest BCUT2D eigenvalue weighted by molar-refractivity contribution is 0.386.